The van der Waals surface area contributed by atoms with Crippen molar-refractivity contribution < 1.29 is 9.53 Å². The standard InChI is InChI=1S/C14H18N2O2.C2H6/c1-9(2)7-16-8-15-13-10(3)5-11(6-12(13)16)14(17)18-4;1-2/h5-6,8-9H,7H2,1-4H3;1-2H3. The summed E-state index contributed by atoms with van der Waals surface area (Å²) in [6.07, 6.45) is 1.83. The van der Waals surface area contributed by atoms with Crippen LogP contribution in [0.2, 0.25) is 0 Å². The van der Waals surface area contributed by atoms with Gasteiger partial charge in [-0.05, 0) is 30.5 Å². The van der Waals surface area contributed by atoms with Crippen molar-refractivity contribution in [3.8, 4) is 0 Å². The number of methoxy groups -OCH3 is 1. The number of esters is 1. The van der Waals surface area contributed by atoms with Crippen molar-refractivity contribution in [2.24, 2.45) is 5.92 Å². The molecule has 4 heteroatoms. The molecule has 0 aliphatic rings. The Morgan fingerprint density at radius 2 is 2.00 bits per heavy atom. The summed E-state index contributed by atoms with van der Waals surface area (Å²) in [5.41, 5.74) is 3.51. The first-order chi connectivity index (χ1) is 9.52. The number of hydrogen-bond acceptors (Lipinski definition) is 3. The Morgan fingerprint density at radius 1 is 1.35 bits per heavy atom. The number of benzene rings is 1. The van der Waals surface area contributed by atoms with Gasteiger partial charge in [0.1, 0.15) is 0 Å². The minimum atomic E-state index is -0.308. The number of carbonyl (C=O) groups excluding carboxylic acids is 1. The average molecular weight is 276 g/mol. The Hall–Kier alpha value is -1.84. The van der Waals surface area contributed by atoms with E-state index in [1.807, 2.05) is 39.2 Å². The maximum absolute atomic E-state index is 11.6. The molecular weight excluding hydrogens is 252 g/mol. The number of rotatable bonds is 3. The summed E-state index contributed by atoms with van der Waals surface area (Å²) < 4.78 is 6.85. The number of fused-ring (bicyclic) bond motifs is 1. The van der Waals surface area contributed by atoms with Crippen LogP contribution in [0.15, 0.2) is 18.5 Å². The first-order valence-corrected chi connectivity index (χ1v) is 7.06. The molecule has 0 atom stereocenters. The van der Waals surface area contributed by atoms with Gasteiger partial charge < -0.3 is 9.30 Å². The number of ether oxygens (including phenoxy) is 1. The summed E-state index contributed by atoms with van der Waals surface area (Å²) in [6, 6.07) is 3.67. The van der Waals surface area contributed by atoms with Gasteiger partial charge in [0.15, 0.2) is 0 Å². The average Bonchev–Trinajstić information content (AvgIpc) is 2.83. The maximum Gasteiger partial charge on any atom is 0.337 e. The molecule has 0 aliphatic heterocycles. The van der Waals surface area contributed by atoms with Crippen LogP contribution in [0.25, 0.3) is 11.0 Å². The van der Waals surface area contributed by atoms with Crippen LogP contribution in [0.4, 0.5) is 0 Å². The number of hydrogen-bond donors (Lipinski definition) is 0. The zero-order valence-corrected chi connectivity index (χ0v) is 13.2. The quantitative estimate of drug-likeness (QED) is 0.801. The second kappa shape index (κ2) is 7.08. The van der Waals surface area contributed by atoms with E-state index in [0.717, 1.165) is 23.1 Å². The Labute approximate surface area is 120 Å². The molecular formula is C16H24N2O2. The fourth-order valence-electron chi connectivity index (χ4n) is 2.11. The van der Waals surface area contributed by atoms with Crippen molar-refractivity contribution in [2.45, 2.75) is 41.2 Å². The topological polar surface area (TPSA) is 44.1 Å². The van der Waals surface area contributed by atoms with Gasteiger partial charge in [-0.2, -0.15) is 0 Å². The summed E-state index contributed by atoms with van der Waals surface area (Å²) in [5, 5.41) is 0. The molecule has 4 nitrogen and oxygen atoms in total. The SMILES string of the molecule is CC.COC(=O)c1cc(C)c2ncn(CC(C)C)c2c1. The van der Waals surface area contributed by atoms with Crippen LogP contribution in [0.1, 0.15) is 43.6 Å². The molecule has 1 aromatic carbocycles. The molecule has 2 rings (SSSR count). The fourth-order valence-corrected chi connectivity index (χ4v) is 2.11. The Balaban J connectivity index is 0.000000956. The highest BCUT2D eigenvalue weighted by Gasteiger charge is 2.12. The first kappa shape index (κ1) is 16.2. The van der Waals surface area contributed by atoms with Crippen LogP contribution < -0.4 is 0 Å². The van der Waals surface area contributed by atoms with Crippen LogP contribution in [0.5, 0.6) is 0 Å². The van der Waals surface area contributed by atoms with Crippen LogP contribution in [-0.4, -0.2) is 22.6 Å². The second-order valence-corrected chi connectivity index (χ2v) is 4.94. The monoisotopic (exact) mass is 276 g/mol. The Morgan fingerprint density at radius 3 is 2.55 bits per heavy atom. The van der Waals surface area contributed by atoms with E-state index in [1.165, 1.54) is 7.11 Å². The van der Waals surface area contributed by atoms with Gasteiger partial charge in [0.05, 0.1) is 30.0 Å². The maximum atomic E-state index is 11.6. The van der Waals surface area contributed by atoms with E-state index in [2.05, 4.69) is 23.4 Å². The second-order valence-electron chi connectivity index (χ2n) is 4.94. The van der Waals surface area contributed by atoms with E-state index < -0.39 is 0 Å². The smallest absolute Gasteiger partial charge is 0.337 e. The molecule has 0 fully saturated rings. The van der Waals surface area contributed by atoms with Gasteiger partial charge in [-0.3, -0.25) is 0 Å². The van der Waals surface area contributed by atoms with E-state index in [0.29, 0.717) is 11.5 Å². The molecule has 2 aromatic rings. The number of aryl methyl sites for hydroxylation is 1. The summed E-state index contributed by atoms with van der Waals surface area (Å²) in [4.78, 5) is 16.0. The van der Waals surface area contributed by atoms with Gasteiger partial charge in [-0.1, -0.05) is 27.7 Å². The first-order valence-electron chi connectivity index (χ1n) is 7.06. The highest BCUT2D eigenvalue weighted by atomic mass is 16.5. The van der Waals surface area contributed by atoms with E-state index in [1.54, 1.807) is 0 Å². The van der Waals surface area contributed by atoms with Gasteiger partial charge in [-0.15, -0.1) is 0 Å². The number of carbonyl (C=O) groups is 1. The Kier molecular flexibility index (Phi) is 5.74. The lowest BCUT2D eigenvalue weighted by atomic mass is 10.1. The predicted octanol–water partition coefficient (Wildman–Crippen LogP) is 3.81. The molecule has 0 radical (unpaired) electrons. The minimum absolute atomic E-state index is 0.308. The summed E-state index contributed by atoms with van der Waals surface area (Å²) in [7, 11) is 1.40. The lowest BCUT2D eigenvalue weighted by Crippen LogP contribution is -2.05. The molecule has 20 heavy (non-hydrogen) atoms. The van der Waals surface area contributed by atoms with E-state index >= 15 is 0 Å². The highest BCUT2D eigenvalue weighted by Crippen LogP contribution is 2.21. The largest absolute Gasteiger partial charge is 0.465 e. The van der Waals surface area contributed by atoms with Crippen molar-refractivity contribution in [2.75, 3.05) is 7.11 Å². The molecule has 110 valence electrons. The molecule has 0 spiro atoms. The van der Waals surface area contributed by atoms with Gasteiger partial charge in [0.25, 0.3) is 0 Å². The van der Waals surface area contributed by atoms with E-state index in [4.69, 9.17) is 4.74 Å². The van der Waals surface area contributed by atoms with Gasteiger partial charge >= 0.3 is 5.97 Å². The zero-order valence-electron chi connectivity index (χ0n) is 13.2. The van der Waals surface area contributed by atoms with Gasteiger partial charge in [0.2, 0.25) is 0 Å². The highest BCUT2D eigenvalue weighted by molar-refractivity contribution is 5.94. The zero-order chi connectivity index (χ0) is 15.3. The van der Waals surface area contributed by atoms with Gasteiger partial charge in [0, 0.05) is 6.54 Å². The predicted molar refractivity (Wildman–Crippen MR) is 82.0 cm³/mol. The third-order valence-corrected chi connectivity index (χ3v) is 2.90. The molecule has 0 saturated carbocycles. The fraction of sp³-hybridized carbons (Fsp3) is 0.500. The van der Waals surface area contributed by atoms with Crippen LogP contribution >= 0.6 is 0 Å². The van der Waals surface area contributed by atoms with Crippen molar-refractivity contribution >= 4 is 17.0 Å². The van der Waals surface area contributed by atoms with Crippen LogP contribution in [0.3, 0.4) is 0 Å². The number of aromatic nitrogens is 2. The molecule has 0 unspecified atom stereocenters. The summed E-state index contributed by atoms with van der Waals surface area (Å²) >= 11 is 0. The van der Waals surface area contributed by atoms with Crippen LogP contribution in [-0.2, 0) is 11.3 Å². The molecule has 0 amide bonds. The molecule has 1 aromatic heterocycles. The molecule has 0 N–H and O–H groups in total. The number of nitrogens with zero attached hydrogens (tertiary/aromatic N) is 2. The van der Waals surface area contributed by atoms with E-state index in [-0.39, 0.29) is 5.97 Å². The Bertz CT molecular complexity index is 585. The van der Waals surface area contributed by atoms with Crippen LogP contribution in [0, 0.1) is 12.8 Å². The number of imidazole rings is 1. The normalized spacial score (nSPS) is 10.3. The third kappa shape index (κ3) is 3.38. The molecule has 1 heterocycles. The summed E-state index contributed by atoms with van der Waals surface area (Å²) in [5.74, 6) is 0.224. The molecule has 0 saturated heterocycles. The van der Waals surface area contributed by atoms with Crippen molar-refractivity contribution in [1.82, 2.24) is 9.55 Å². The minimum Gasteiger partial charge on any atom is -0.465 e. The lowest BCUT2D eigenvalue weighted by molar-refractivity contribution is 0.0601. The third-order valence-electron chi connectivity index (χ3n) is 2.90. The van der Waals surface area contributed by atoms with Crippen molar-refractivity contribution in [1.29, 1.82) is 0 Å². The van der Waals surface area contributed by atoms with Crippen molar-refractivity contribution in [3.05, 3.63) is 29.6 Å². The van der Waals surface area contributed by atoms with Gasteiger partial charge in [-0.25, -0.2) is 9.78 Å². The molecule has 0 aliphatic carbocycles. The lowest BCUT2D eigenvalue weighted by Gasteiger charge is -2.08. The van der Waals surface area contributed by atoms with E-state index in [9.17, 15) is 4.79 Å². The molecule has 0 bridgehead atoms. The summed E-state index contributed by atoms with van der Waals surface area (Å²) in [6.45, 7) is 11.2. The van der Waals surface area contributed by atoms with Crippen molar-refractivity contribution in [3.63, 3.8) is 0 Å².